The van der Waals surface area contributed by atoms with Crippen molar-refractivity contribution < 1.29 is 18.7 Å². The van der Waals surface area contributed by atoms with Crippen LogP contribution in [-0.4, -0.2) is 48.9 Å². The molecule has 1 aliphatic rings. The minimum absolute atomic E-state index is 0.00643. The molecule has 1 aromatic carbocycles. The number of nitrogens with one attached hydrogen (secondary N) is 1. The van der Waals surface area contributed by atoms with Crippen molar-refractivity contribution in [2.75, 3.05) is 19.0 Å². The molecule has 0 spiro atoms. The highest BCUT2D eigenvalue weighted by atomic mass is 19.1. The van der Waals surface area contributed by atoms with Gasteiger partial charge in [0.25, 0.3) is 5.91 Å². The van der Waals surface area contributed by atoms with E-state index in [9.17, 15) is 14.0 Å². The number of amides is 2. The van der Waals surface area contributed by atoms with Gasteiger partial charge in [0, 0.05) is 25.2 Å². The van der Waals surface area contributed by atoms with Crippen molar-refractivity contribution in [1.82, 2.24) is 4.90 Å². The van der Waals surface area contributed by atoms with Gasteiger partial charge in [-0.1, -0.05) is 13.3 Å². The van der Waals surface area contributed by atoms with Crippen LogP contribution in [0, 0.1) is 5.82 Å². The van der Waals surface area contributed by atoms with Crippen LogP contribution in [0.1, 0.15) is 45.6 Å². The quantitative estimate of drug-likeness (QED) is 0.277. The maximum atomic E-state index is 14.6. The number of rotatable bonds is 8. The summed E-state index contributed by atoms with van der Waals surface area (Å²) in [7, 11) is 1.50. The van der Waals surface area contributed by atoms with E-state index < -0.39 is 17.3 Å². The Morgan fingerprint density at radius 3 is 2.84 bits per heavy atom. The Morgan fingerprint density at radius 1 is 1.50 bits per heavy atom. The highest BCUT2D eigenvalue weighted by Gasteiger charge is 2.38. The van der Waals surface area contributed by atoms with Crippen molar-refractivity contribution in [2.24, 2.45) is 20.7 Å². The number of ether oxygens (including phenoxy) is 1. The van der Waals surface area contributed by atoms with E-state index in [0.717, 1.165) is 12.8 Å². The number of halogens is 1. The normalized spacial score (nSPS) is 19.5. The lowest BCUT2D eigenvalue weighted by molar-refractivity contribution is -0.128. The van der Waals surface area contributed by atoms with Gasteiger partial charge in [0.1, 0.15) is 11.5 Å². The molecule has 1 aliphatic heterocycles. The van der Waals surface area contributed by atoms with Gasteiger partial charge in [0.2, 0.25) is 5.91 Å². The molecule has 0 aromatic heterocycles. The summed E-state index contributed by atoms with van der Waals surface area (Å²) in [5.74, 6) is -1.05. The lowest BCUT2D eigenvalue weighted by atomic mass is 9.87. The fourth-order valence-corrected chi connectivity index (χ4v) is 3.00. The third kappa shape index (κ3) is 5.99. The molecule has 172 valence electrons. The predicted octanol–water partition coefficient (Wildman–Crippen LogP) is 2.93. The lowest BCUT2D eigenvalue weighted by Gasteiger charge is -2.34. The molecule has 0 saturated heterocycles. The standard InChI is InChI=1S/C22H29FN6O3/c1-6-7-10-32-14(2)26-13-18(25-4)20(31)27-15-8-9-17(23)16(11-15)22(3)12-19(30)29(5)21(24)28-22/h8-9,11,13H,4,6-7,10,12H2,1-3,5H3,(H2,24,28)(H,27,31)/b18-13-,26-14+. The number of hydrogen-bond donors (Lipinski definition) is 2. The van der Waals surface area contributed by atoms with Crippen LogP contribution in [0.3, 0.4) is 0 Å². The molecule has 0 radical (unpaired) electrons. The number of nitrogens with zero attached hydrogens (tertiary/aromatic N) is 4. The van der Waals surface area contributed by atoms with E-state index >= 15 is 0 Å². The first-order valence-electron chi connectivity index (χ1n) is 10.2. The van der Waals surface area contributed by atoms with Crippen LogP contribution in [0.5, 0.6) is 0 Å². The van der Waals surface area contributed by atoms with Crippen LogP contribution in [-0.2, 0) is 19.9 Å². The number of benzene rings is 1. The second kappa shape index (κ2) is 10.7. The van der Waals surface area contributed by atoms with Crippen LogP contribution >= 0.6 is 0 Å². The molecule has 2 amide bonds. The van der Waals surface area contributed by atoms with Crippen molar-refractivity contribution in [1.29, 1.82) is 0 Å². The lowest BCUT2D eigenvalue weighted by Crippen LogP contribution is -2.47. The van der Waals surface area contributed by atoms with Gasteiger partial charge < -0.3 is 15.8 Å². The Labute approximate surface area is 187 Å². The molecule has 0 bridgehead atoms. The van der Waals surface area contributed by atoms with Crippen molar-refractivity contribution >= 4 is 36.1 Å². The first kappa shape index (κ1) is 24.7. The maximum Gasteiger partial charge on any atom is 0.275 e. The van der Waals surface area contributed by atoms with E-state index in [1.165, 1.54) is 36.3 Å². The fraction of sp³-hybridized carbons (Fsp3) is 0.409. The molecule has 32 heavy (non-hydrogen) atoms. The highest BCUT2D eigenvalue weighted by Crippen LogP contribution is 2.35. The predicted molar refractivity (Wildman–Crippen MR) is 123 cm³/mol. The van der Waals surface area contributed by atoms with Gasteiger partial charge in [-0.25, -0.2) is 14.4 Å². The van der Waals surface area contributed by atoms with Gasteiger partial charge in [0.15, 0.2) is 11.9 Å². The Balaban J connectivity index is 2.24. The van der Waals surface area contributed by atoms with Gasteiger partial charge in [0.05, 0.1) is 24.8 Å². The molecule has 1 unspecified atom stereocenters. The summed E-state index contributed by atoms with van der Waals surface area (Å²) in [6, 6.07) is 4.01. The van der Waals surface area contributed by atoms with Gasteiger partial charge in [-0.15, -0.1) is 0 Å². The van der Waals surface area contributed by atoms with Crippen molar-refractivity contribution in [3.8, 4) is 0 Å². The molecular formula is C22H29FN6O3. The van der Waals surface area contributed by atoms with Crippen LogP contribution in [0.15, 0.2) is 45.1 Å². The highest BCUT2D eigenvalue weighted by molar-refractivity contribution is 6.04. The molecule has 10 heteroatoms. The zero-order valence-electron chi connectivity index (χ0n) is 18.8. The van der Waals surface area contributed by atoms with Crippen LogP contribution in [0.25, 0.3) is 0 Å². The number of carbonyl (C=O) groups excluding carboxylic acids is 2. The van der Waals surface area contributed by atoms with Crippen molar-refractivity contribution in [2.45, 2.75) is 45.6 Å². The van der Waals surface area contributed by atoms with Gasteiger partial charge >= 0.3 is 0 Å². The molecule has 1 heterocycles. The largest absolute Gasteiger partial charge is 0.481 e. The summed E-state index contributed by atoms with van der Waals surface area (Å²) in [5, 5.41) is 2.63. The summed E-state index contributed by atoms with van der Waals surface area (Å²) < 4.78 is 20.1. The molecule has 1 atom stereocenters. The fourth-order valence-electron chi connectivity index (χ4n) is 3.00. The molecule has 0 aliphatic carbocycles. The van der Waals surface area contributed by atoms with E-state index in [1.807, 2.05) is 6.92 Å². The number of aliphatic imine (C=N–C) groups is 3. The third-order valence-electron chi connectivity index (χ3n) is 4.96. The maximum absolute atomic E-state index is 14.6. The second-order valence-electron chi connectivity index (χ2n) is 7.54. The molecular weight excluding hydrogens is 415 g/mol. The second-order valence-corrected chi connectivity index (χ2v) is 7.54. The van der Waals surface area contributed by atoms with E-state index in [2.05, 4.69) is 27.0 Å². The Hall–Kier alpha value is -3.56. The zero-order valence-corrected chi connectivity index (χ0v) is 18.8. The first-order chi connectivity index (χ1) is 15.1. The number of guanidine groups is 1. The summed E-state index contributed by atoms with van der Waals surface area (Å²) >= 11 is 0. The smallest absolute Gasteiger partial charge is 0.275 e. The molecule has 0 saturated carbocycles. The number of nitrogens with two attached hydrogens (primary N) is 1. The number of carbonyl (C=O) groups is 2. The van der Waals surface area contributed by atoms with Crippen molar-refractivity contribution in [3.05, 3.63) is 41.5 Å². The van der Waals surface area contributed by atoms with Crippen LogP contribution < -0.4 is 11.1 Å². The van der Waals surface area contributed by atoms with E-state index in [4.69, 9.17) is 10.5 Å². The van der Waals surface area contributed by atoms with E-state index in [-0.39, 0.29) is 29.5 Å². The monoisotopic (exact) mass is 444 g/mol. The minimum Gasteiger partial charge on any atom is -0.481 e. The SMILES string of the molecule is C=N/C(=C\N=C(/C)OCCCC)C(=O)Nc1ccc(F)c(C2(C)CC(=O)N(C)C(N)=N2)c1. The van der Waals surface area contributed by atoms with Crippen LogP contribution in [0.4, 0.5) is 10.1 Å². The molecule has 1 aromatic rings. The molecule has 2 rings (SSSR count). The third-order valence-corrected chi connectivity index (χ3v) is 4.96. The van der Waals surface area contributed by atoms with Gasteiger partial charge in [-0.05, 0) is 38.3 Å². The van der Waals surface area contributed by atoms with Gasteiger partial charge in [-0.3, -0.25) is 19.5 Å². The first-order valence-corrected chi connectivity index (χ1v) is 10.2. The number of unbranched alkanes of at least 4 members (excludes halogenated alkanes) is 1. The molecule has 0 fully saturated rings. The average molecular weight is 445 g/mol. The summed E-state index contributed by atoms with van der Waals surface area (Å²) in [6.07, 6.45) is 3.07. The summed E-state index contributed by atoms with van der Waals surface area (Å²) in [5.41, 5.74) is 5.00. The number of anilines is 1. The Bertz CT molecular complexity index is 988. The zero-order chi connectivity index (χ0) is 23.9. The Morgan fingerprint density at radius 2 is 2.22 bits per heavy atom. The molecule has 3 N–H and O–H groups in total. The van der Waals surface area contributed by atoms with E-state index in [1.54, 1.807) is 13.8 Å². The summed E-state index contributed by atoms with van der Waals surface area (Å²) in [6.45, 7) is 9.26. The van der Waals surface area contributed by atoms with Crippen LogP contribution in [0.2, 0.25) is 0 Å². The Kier molecular flexibility index (Phi) is 8.22. The average Bonchev–Trinajstić information content (AvgIpc) is 2.74. The molecule has 9 nitrogen and oxygen atoms in total. The van der Waals surface area contributed by atoms with Crippen molar-refractivity contribution in [3.63, 3.8) is 0 Å². The summed E-state index contributed by atoms with van der Waals surface area (Å²) in [4.78, 5) is 38.1. The minimum atomic E-state index is -1.20. The van der Waals surface area contributed by atoms with E-state index in [0.29, 0.717) is 18.2 Å². The number of hydrogen-bond acceptors (Lipinski definition) is 7. The van der Waals surface area contributed by atoms with Gasteiger partial charge in [-0.2, -0.15) is 0 Å². The topological polar surface area (TPSA) is 122 Å².